The number of fused-ring (bicyclic) bond motifs is 4. The molecule has 8 nitrogen and oxygen atoms in total. The highest BCUT2D eigenvalue weighted by molar-refractivity contribution is 5.82. The van der Waals surface area contributed by atoms with Crippen LogP contribution >= 0.6 is 0 Å². The molecular formula is C22H28O8. The molecule has 1 aromatic heterocycles. The van der Waals surface area contributed by atoms with Gasteiger partial charge in [0.15, 0.2) is 6.10 Å². The average Bonchev–Trinajstić information content (AvgIpc) is 3.25. The predicted molar refractivity (Wildman–Crippen MR) is 101 cm³/mol. The van der Waals surface area contributed by atoms with Gasteiger partial charge in [-0.05, 0) is 18.4 Å². The number of rotatable bonds is 1. The minimum Gasteiger partial charge on any atom is -0.469 e. The van der Waals surface area contributed by atoms with E-state index in [0.29, 0.717) is 12.2 Å². The number of esters is 2. The van der Waals surface area contributed by atoms with Crippen LogP contribution in [0.25, 0.3) is 0 Å². The Morgan fingerprint density at radius 3 is 2.63 bits per heavy atom. The van der Waals surface area contributed by atoms with Crippen LogP contribution in [0.2, 0.25) is 0 Å². The molecule has 5 rings (SSSR count). The Morgan fingerprint density at radius 1 is 1.27 bits per heavy atom. The van der Waals surface area contributed by atoms with Crippen molar-refractivity contribution in [3.8, 4) is 0 Å². The first-order chi connectivity index (χ1) is 13.9. The molecule has 164 valence electrons. The van der Waals surface area contributed by atoms with Gasteiger partial charge in [-0.2, -0.15) is 0 Å². The van der Waals surface area contributed by atoms with E-state index in [0.717, 1.165) is 5.56 Å². The fourth-order valence-electron chi connectivity index (χ4n) is 7.34. The molecule has 1 saturated heterocycles. The molecule has 3 aliphatic carbocycles. The van der Waals surface area contributed by atoms with E-state index < -0.39 is 70.5 Å². The standard InChI is InChI=1S/C22H28O8/c1-9(23)29-18-16-15-11(7-13-10(5-6-28-13)14(15)19(26)30-16)21(4)17(25)12(24)8-20(2,3)22(18,21)27/h5-6,11-12,14-18,24-25,27H,7-8H2,1-4H3/t11-,12-,14+,15-,16+,17-,18-,21-,22+/m0/s1. The van der Waals surface area contributed by atoms with Crippen molar-refractivity contribution in [2.75, 3.05) is 0 Å². The molecule has 0 bridgehead atoms. The van der Waals surface area contributed by atoms with Gasteiger partial charge in [0, 0.05) is 35.7 Å². The molecule has 1 aliphatic heterocycles. The lowest BCUT2D eigenvalue weighted by molar-refractivity contribution is -0.345. The van der Waals surface area contributed by atoms with Crippen molar-refractivity contribution in [3.63, 3.8) is 0 Å². The highest BCUT2D eigenvalue weighted by Crippen LogP contribution is 2.69. The molecule has 0 spiro atoms. The van der Waals surface area contributed by atoms with Crippen LogP contribution in [0.4, 0.5) is 0 Å². The second-order valence-electron chi connectivity index (χ2n) is 10.2. The van der Waals surface area contributed by atoms with Crippen molar-refractivity contribution in [3.05, 3.63) is 23.7 Å². The number of aliphatic hydroxyl groups excluding tert-OH is 2. The topological polar surface area (TPSA) is 126 Å². The molecule has 30 heavy (non-hydrogen) atoms. The van der Waals surface area contributed by atoms with E-state index in [4.69, 9.17) is 13.9 Å². The first-order valence-corrected chi connectivity index (χ1v) is 10.5. The predicted octanol–water partition coefficient (Wildman–Crippen LogP) is 0.911. The van der Waals surface area contributed by atoms with Gasteiger partial charge in [0.25, 0.3) is 0 Å². The number of carbonyl (C=O) groups excluding carboxylic acids is 2. The number of hydrogen-bond acceptors (Lipinski definition) is 8. The fourth-order valence-corrected chi connectivity index (χ4v) is 7.34. The maximum Gasteiger partial charge on any atom is 0.314 e. The minimum absolute atomic E-state index is 0.103. The third-order valence-electron chi connectivity index (χ3n) is 8.58. The maximum absolute atomic E-state index is 13.0. The molecule has 2 heterocycles. The molecule has 3 N–H and O–H groups in total. The Kier molecular flexibility index (Phi) is 3.92. The molecule has 8 heteroatoms. The second-order valence-corrected chi connectivity index (χ2v) is 10.2. The Labute approximate surface area is 174 Å². The summed E-state index contributed by atoms with van der Waals surface area (Å²) in [6.45, 7) is 6.54. The number of furan rings is 1. The molecule has 3 fully saturated rings. The first kappa shape index (κ1) is 20.0. The zero-order valence-electron chi connectivity index (χ0n) is 17.5. The Hall–Kier alpha value is -1.90. The SMILES string of the molecule is CC(=O)O[C@H]1[C@@H]2OC(=O)[C@@H]3c4ccoc4C[C@@H]([C@H]23)[C@@]2(C)[C@@H](O)[C@@H](O)CC(C)(C)[C@]12O. The largest absolute Gasteiger partial charge is 0.469 e. The second kappa shape index (κ2) is 5.87. The molecule has 4 aliphatic rings. The van der Waals surface area contributed by atoms with Crippen LogP contribution in [0.5, 0.6) is 0 Å². The zero-order valence-corrected chi connectivity index (χ0v) is 17.5. The van der Waals surface area contributed by atoms with Gasteiger partial charge in [-0.15, -0.1) is 0 Å². The summed E-state index contributed by atoms with van der Waals surface area (Å²) in [6.07, 6.45) is -2.37. The lowest BCUT2D eigenvalue weighted by Crippen LogP contribution is -2.81. The van der Waals surface area contributed by atoms with Crippen molar-refractivity contribution in [2.24, 2.45) is 22.7 Å². The van der Waals surface area contributed by atoms with Crippen molar-refractivity contribution in [1.82, 2.24) is 0 Å². The third kappa shape index (κ3) is 2.07. The van der Waals surface area contributed by atoms with Crippen LogP contribution in [0.3, 0.4) is 0 Å². The van der Waals surface area contributed by atoms with Crippen molar-refractivity contribution >= 4 is 11.9 Å². The summed E-state index contributed by atoms with van der Waals surface area (Å²) < 4.78 is 17.1. The Morgan fingerprint density at radius 2 is 1.97 bits per heavy atom. The minimum atomic E-state index is -1.75. The van der Waals surface area contributed by atoms with Gasteiger partial charge in [0.05, 0.1) is 24.4 Å². The Bertz CT molecular complexity index is 920. The van der Waals surface area contributed by atoms with Crippen LogP contribution < -0.4 is 0 Å². The van der Waals surface area contributed by atoms with Crippen molar-refractivity contribution in [2.45, 2.75) is 76.5 Å². The monoisotopic (exact) mass is 420 g/mol. The van der Waals surface area contributed by atoms with Crippen LogP contribution in [-0.4, -0.2) is 57.3 Å². The molecule has 0 radical (unpaired) electrons. The number of carbonyl (C=O) groups is 2. The first-order valence-electron chi connectivity index (χ1n) is 10.5. The van der Waals surface area contributed by atoms with Gasteiger partial charge in [-0.25, -0.2) is 0 Å². The number of ether oxygens (including phenoxy) is 2. The van der Waals surface area contributed by atoms with E-state index in [1.54, 1.807) is 26.8 Å². The molecule has 9 atom stereocenters. The van der Waals surface area contributed by atoms with Gasteiger partial charge < -0.3 is 29.2 Å². The lowest BCUT2D eigenvalue weighted by atomic mass is 9.39. The van der Waals surface area contributed by atoms with E-state index in [1.807, 2.05) is 0 Å². The van der Waals surface area contributed by atoms with Gasteiger partial charge in [-0.1, -0.05) is 20.8 Å². The van der Waals surface area contributed by atoms with Gasteiger partial charge in [0.2, 0.25) is 0 Å². The lowest BCUT2D eigenvalue weighted by Gasteiger charge is -2.69. The van der Waals surface area contributed by atoms with Crippen LogP contribution in [0, 0.1) is 22.7 Å². The summed E-state index contributed by atoms with van der Waals surface area (Å²) >= 11 is 0. The van der Waals surface area contributed by atoms with Gasteiger partial charge in [-0.3, -0.25) is 9.59 Å². The smallest absolute Gasteiger partial charge is 0.314 e. The van der Waals surface area contributed by atoms with Crippen molar-refractivity contribution in [1.29, 1.82) is 0 Å². The van der Waals surface area contributed by atoms with Crippen LogP contribution in [-0.2, 0) is 25.5 Å². The van der Waals surface area contributed by atoms with Crippen LogP contribution in [0.15, 0.2) is 16.7 Å². The highest BCUT2D eigenvalue weighted by atomic mass is 16.6. The summed E-state index contributed by atoms with van der Waals surface area (Å²) in [5.74, 6) is -1.92. The molecule has 0 amide bonds. The normalized spacial score (nSPS) is 48.2. The third-order valence-corrected chi connectivity index (χ3v) is 8.58. The average molecular weight is 420 g/mol. The van der Waals surface area contributed by atoms with Crippen molar-refractivity contribution < 1.29 is 38.8 Å². The van der Waals surface area contributed by atoms with E-state index in [-0.39, 0.29) is 6.42 Å². The summed E-state index contributed by atoms with van der Waals surface area (Å²) in [4.78, 5) is 25.0. The molecule has 0 unspecified atom stereocenters. The van der Waals surface area contributed by atoms with Crippen LogP contribution in [0.1, 0.15) is 51.4 Å². The van der Waals surface area contributed by atoms with Gasteiger partial charge >= 0.3 is 11.9 Å². The summed E-state index contributed by atoms with van der Waals surface area (Å²) in [5, 5.41) is 34.4. The number of hydrogen-bond donors (Lipinski definition) is 3. The summed E-state index contributed by atoms with van der Waals surface area (Å²) in [7, 11) is 0. The Balaban J connectivity index is 1.78. The van der Waals surface area contributed by atoms with E-state index >= 15 is 0 Å². The highest BCUT2D eigenvalue weighted by Gasteiger charge is 2.79. The van der Waals surface area contributed by atoms with E-state index in [1.165, 1.54) is 13.2 Å². The van der Waals surface area contributed by atoms with Gasteiger partial charge in [0.1, 0.15) is 17.5 Å². The molecule has 2 saturated carbocycles. The zero-order chi connectivity index (χ0) is 21.8. The summed E-state index contributed by atoms with van der Waals surface area (Å²) in [5.41, 5.74) is -3.24. The quantitative estimate of drug-likeness (QED) is 0.573. The molecule has 1 aromatic rings. The number of aliphatic hydroxyl groups is 3. The summed E-state index contributed by atoms with van der Waals surface area (Å²) in [6, 6.07) is 1.75. The molecular weight excluding hydrogens is 392 g/mol. The molecule has 0 aromatic carbocycles. The fraction of sp³-hybridized carbons (Fsp3) is 0.727. The van der Waals surface area contributed by atoms with E-state index in [2.05, 4.69) is 0 Å². The maximum atomic E-state index is 13.0. The van der Waals surface area contributed by atoms with E-state index in [9.17, 15) is 24.9 Å².